The molecule has 0 bridgehead atoms. The number of carbonyl (C=O) groups excluding carboxylic acids is 1. The summed E-state index contributed by atoms with van der Waals surface area (Å²) in [6.07, 6.45) is 2.24. The molecule has 3 rings (SSSR count). The van der Waals surface area contributed by atoms with Crippen LogP contribution in [0.25, 0.3) is 0 Å². The minimum absolute atomic E-state index is 0.136. The van der Waals surface area contributed by atoms with Crippen LogP contribution < -0.4 is 5.32 Å². The summed E-state index contributed by atoms with van der Waals surface area (Å²) in [5.74, 6) is 2.29. The molecule has 2 amide bonds. The average Bonchev–Trinajstić information content (AvgIpc) is 2.99. The van der Waals surface area contributed by atoms with Crippen molar-refractivity contribution in [1.29, 1.82) is 0 Å². The van der Waals surface area contributed by atoms with E-state index in [1.165, 1.54) is 11.3 Å². The van der Waals surface area contributed by atoms with E-state index in [1.807, 2.05) is 16.7 Å². The summed E-state index contributed by atoms with van der Waals surface area (Å²) in [5.41, 5.74) is 1.41. The number of carbonyl (C=O) groups is 1. The second kappa shape index (κ2) is 7.88. The molecule has 2 heterocycles. The number of rotatable bonds is 6. The first-order chi connectivity index (χ1) is 10.8. The standard InChI is InChI=1S/C17H25N3OS/c21-17-18-8-11-20(17)16-6-9-19(10-7-16)12-13-22-14-15-4-2-1-3-5-15/h1-5,16H,6-14H2,(H,18,21). The largest absolute Gasteiger partial charge is 0.336 e. The molecule has 0 saturated carbocycles. The Morgan fingerprint density at radius 1 is 1.14 bits per heavy atom. The molecule has 2 aliphatic rings. The van der Waals surface area contributed by atoms with Gasteiger partial charge in [-0.25, -0.2) is 4.79 Å². The number of benzene rings is 1. The van der Waals surface area contributed by atoms with E-state index in [4.69, 9.17) is 0 Å². The van der Waals surface area contributed by atoms with Gasteiger partial charge in [-0.15, -0.1) is 0 Å². The van der Waals surface area contributed by atoms with Gasteiger partial charge >= 0.3 is 6.03 Å². The van der Waals surface area contributed by atoms with Crippen LogP contribution in [0.15, 0.2) is 30.3 Å². The van der Waals surface area contributed by atoms with E-state index in [0.717, 1.165) is 51.3 Å². The summed E-state index contributed by atoms with van der Waals surface area (Å²) in [7, 11) is 0. The number of urea groups is 1. The monoisotopic (exact) mass is 319 g/mol. The van der Waals surface area contributed by atoms with E-state index in [9.17, 15) is 4.79 Å². The fourth-order valence-electron chi connectivity index (χ4n) is 3.25. The van der Waals surface area contributed by atoms with Crippen LogP contribution in [-0.2, 0) is 5.75 Å². The van der Waals surface area contributed by atoms with Gasteiger partial charge in [-0.2, -0.15) is 11.8 Å². The normalized spacial score (nSPS) is 20.4. The molecule has 0 radical (unpaired) electrons. The molecule has 120 valence electrons. The Kier molecular flexibility index (Phi) is 5.62. The molecule has 1 aromatic rings. The highest BCUT2D eigenvalue weighted by Crippen LogP contribution is 2.19. The van der Waals surface area contributed by atoms with Gasteiger partial charge < -0.3 is 15.1 Å². The molecular formula is C17H25N3OS. The van der Waals surface area contributed by atoms with E-state index in [-0.39, 0.29) is 6.03 Å². The molecule has 0 aromatic heterocycles. The van der Waals surface area contributed by atoms with Crippen molar-refractivity contribution in [2.75, 3.05) is 38.5 Å². The van der Waals surface area contributed by atoms with Crippen molar-refractivity contribution >= 4 is 17.8 Å². The third-order valence-electron chi connectivity index (χ3n) is 4.55. The van der Waals surface area contributed by atoms with E-state index in [0.29, 0.717) is 6.04 Å². The van der Waals surface area contributed by atoms with Gasteiger partial charge in [0.25, 0.3) is 0 Å². The molecule has 1 N–H and O–H groups in total. The summed E-state index contributed by atoms with van der Waals surface area (Å²) in [5, 5.41) is 2.91. The fourth-order valence-corrected chi connectivity index (χ4v) is 4.21. The van der Waals surface area contributed by atoms with Gasteiger partial charge in [0, 0.05) is 50.3 Å². The lowest BCUT2D eigenvalue weighted by Gasteiger charge is -2.36. The molecule has 1 aromatic carbocycles. The number of amides is 2. The van der Waals surface area contributed by atoms with Crippen LogP contribution in [0.5, 0.6) is 0 Å². The van der Waals surface area contributed by atoms with Crippen molar-refractivity contribution in [3.8, 4) is 0 Å². The molecule has 0 aliphatic carbocycles. The summed E-state index contributed by atoms with van der Waals surface area (Å²) < 4.78 is 0. The predicted octanol–water partition coefficient (Wildman–Crippen LogP) is 2.41. The molecule has 0 atom stereocenters. The van der Waals surface area contributed by atoms with Crippen LogP contribution >= 0.6 is 11.8 Å². The van der Waals surface area contributed by atoms with Gasteiger partial charge in [0.2, 0.25) is 0 Å². The Hall–Kier alpha value is -1.20. The second-order valence-electron chi connectivity index (χ2n) is 6.04. The molecular weight excluding hydrogens is 294 g/mol. The maximum absolute atomic E-state index is 11.7. The molecule has 0 spiro atoms. The highest BCUT2D eigenvalue weighted by molar-refractivity contribution is 7.98. The van der Waals surface area contributed by atoms with Crippen LogP contribution in [-0.4, -0.2) is 60.3 Å². The lowest BCUT2D eigenvalue weighted by molar-refractivity contribution is 0.140. The zero-order chi connectivity index (χ0) is 15.2. The van der Waals surface area contributed by atoms with Crippen molar-refractivity contribution in [2.24, 2.45) is 0 Å². The highest BCUT2D eigenvalue weighted by Gasteiger charge is 2.30. The predicted molar refractivity (Wildman–Crippen MR) is 92.2 cm³/mol. The van der Waals surface area contributed by atoms with Crippen molar-refractivity contribution in [1.82, 2.24) is 15.1 Å². The van der Waals surface area contributed by atoms with E-state index in [2.05, 4.69) is 40.5 Å². The first-order valence-electron chi connectivity index (χ1n) is 8.21. The molecule has 0 unspecified atom stereocenters. The summed E-state index contributed by atoms with van der Waals surface area (Å²) in [4.78, 5) is 16.3. The summed E-state index contributed by atoms with van der Waals surface area (Å²) in [6, 6.07) is 11.3. The summed E-state index contributed by atoms with van der Waals surface area (Å²) in [6.45, 7) is 5.11. The number of piperidine rings is 1. The Morgan fingerprint density at radius 2 is 1.91 bits per heavy atom. The molecule has 4 nitrogen and oxygen atoms in total. The van der Waals surface area contributed by atoms with Crippen molar-refractivity contribution in [3.63, 3.8) is 0 Å². The summed E-state index contributed by atoms with van der Waals surface area (Å²) >= 11 is 2.01. The van der Waals surface area contributed by atoms with Crippen LogP contribution in [0.3, 0.4) is 0 Å². The Bertz CT molecular complexity index is 474. The number of nitrogens with zero attached hydrogens (tertiary/aromatic N) is 2. The maximum atomic E-state index is 11.7. The van der Waals surface area contributed by atoms with Crippen molar-refractivity contribution < 1.29 is 4.79 Å². The van der Waals surface area contributed by atoms with Gasteiger partial charge in [-0.3, -0.25) is 0 Å². The minimum atomic E-state index is 0.136. The molecule has 2 fully saturated rings. The van der Waals surface area contributed by atoms with Gasteiger partial charge in [0.1, 0.15) is 0 Å². The topological polar surface area (TPSA) is 35.6 Å². The van der Waals surface area contributed by atoms with E-state index in [1.54, 1.807) is 0 Å². The van der Waals surface area contributed by atoms with Crippen molar-refractivity contribution in [2.45, 2.75) is 24.6 Å². The lowest BCUT2D eigenvalue weighted by Crippen LogP contribution is -2.46. The van der Waals surface area contributed by atoms with Crippen molar-refractivity contribution in [3.05, 3.63) is 35.9 Å². The van der Waals surface area contributed by atoms with Crippen LogP contribution in [0, 0.1) is 0 Å². The SMILES string of the molecule is O=C1NCCN1C1CCN(CCSCc2ccccc2)CC1. The zero-order valence-corrected chi connectivity index (χ0v) is 13.9. The number of hydrogen-bond acceptors (Lipinski definition) is 3. The Balaban J connectivity index is 1.31. The minimum Gasteiger partial charge on any atom is -0.336 e. The van der Waals surface area contributed by atoms with E-state index < -0.39 is 0 Å². The fraction of sp³-hybridized carbons (Fsp3) is 0.588. The van der Waals surface area contributed by atoms with Gasteiger partial charge in [-0.05, 0) is 18.4 Å². The zero-order valence-electron chi connectivity index (χ0n) is 13.0. The van der Waals surface area contributed by atoms with Crippen LogP contribution in [0.1, 0.15) is 18.4 Å². The van der Waals surface area contributed by atoms with E-state index >= 15 is 0 Å². The average molecular weight is 319 g/mol. The molecule has 22 heavy (non-hydrogen) atoms. The van der Waals surface area contributed by atoms with Gasteiger partial charge in [0.05, 0.1) is 0 Å². The Morgan fingerprint density at radius 3 is 2.59 bits per heavy atom. The second-order valence-corrected chi connectivity index (χ2v) is 7.14. The molecule has 5 heteroatoms. The number of nitrogens with one attached hydrogen (secondary N) is 1. The molecule has 2 saturated heterocycles. The number of likely N-dealkylation sites (tertiary alicyclic amines) is 1. The highest BCUT2D eigenvalue weighted by atomic mass is 32.2. The van der Waals surface area contributed by atoms with Gasteiger partial charge in [0.15, 0.2) is 0 Å². The number of hydrogen-bond donors (Lipinski definition) is 1. The third kappa shape index (κ3) is 4.17. The first kappa shape index (κ1) is 15.7. The lowest BCUT2D eigenvalue weighted by atomic mass is 10.0. The maximum Gasteiger partial charge on any atom is 0.317 e. The van der Waals surface area contributed by atoms with Crippen LogP contribution in [0.4, 0.5) is 4.79 Å². The number of thioether (sulfide) groups is 1. The van der Waals surface area contributed by atoms with Gasteiger partial charge in [-0.1, -0.05) is 30.3 Å². The molecule has 2 aliphatic heterocycles. The van der Waals surface area contributed by atoms with Crippen LogP contribution in [0.2, 0.25) is 0 Å². The smallest absolute Gasteiger partial charge is 0.317 e. The first-order valence-corrected chi connectivity index (χ1v) is 9.37. The Labute approximate surface area is 137 Å². The third-order valence-corrected chi connectivity index (χ3v) is 5.56. The quantitative estimate of drug-likeness (QED) is 0.818.